The molecule has 1 atom stereocenters. The fraction of sp³-hybridized carbons (Fsp3) is 0.143. The van der Waals surface area contributed by atoms with E-state index in [0.29, 0.717) is 21.2 Å². The lowest BCUT2D eigenvalue weighted by molar-refractivity contribution is 0.557. The Balaban J connectivity index is 2.52. The van der Waals surface area contributed by atoms with Gasteiger partial charge in [-0.3, -0.25) is 5.84 Å². The second kappa shape index (κ2) is 6.18. The Morgan fingerprint density at radius 3 is 2.55 bits per heavy atom. The summed E-state index contributed by atoms with van der Waals surface area (Å²) in [7, 11) is 0. The molecule has 0 aromatic heterocycles. The van der Waals surface area contributed by atoms with Crippen LogP contribution in [0.25, 0.3) is 0 Å². The molecule has 0 fully saturated rings. The zero-order valence-electron chi connectivity index (χ0n) is 10.6. The van der Waals surface area contributed by atoms with Gasteiger partial charge in [0.05, 0.1) is 11.1 Å². The number of nitrogens with one attached hydrogen (secondary N) is 1. The van der Waals surface area contributed by atoms with Crippen molar-refractivity contribution in [2.24, 2.45) is 5.84 Å². The molecule has 3 N–H and O–H groups in total. The van der Waals surface area contributed by atoms with E-state index in [9.17, 15) is 8.78 Å². The van der Waals surface area contributed by atoms with Gasteiger partial charge in [0, 0.05) is 10.0 Å². The van der Waals surface area contributed by atoms with Gasteiger partial charge in [-0.05, 0) is 46.1 Å². The quantitative estimate of drug-likeness (QED) is 0.487. The predicted octanol–water partition coefficient (Wildman–Crippen LogP) is 4.24. The number of halogens is 4. The highest BCUT2D eigenvalue weighted by atomic mass is 79.9. The molecule has 0 aliphatic rings. The summed E-state index contributed by atoms with van der Waals surface area (Å²) in [4.78, 5) is 0. The van der Waals surface area contributed by atoms with E-state index in [1.165, 1.54) is 6.07 Å². The highest BCUT2D eigenvalue weighted by Crippen LogP contribution is 2.33. The number of benzene rings is 2. The van der Waals surface area contributed by atoms with Gasteiger partial charge in [0.2, 0.25) is 0 Å². The second-order valence-electron chi connectivity index (χ2n) is 4.37. The van der Waals surface area contributed by atoms with Crippen molar-refractivity contribution >= 4 is 27.5 Å². The maximum Gasteiger partial charge on any atom is 0.148 e. The van der Waals surface area contributed by atoms with Gasteiger partial charge in [0.25, 0.3) is 0 Å². The molecule has 2 aromatic carbocycles. The summed E-state index contributed by atoms with van der Waals surface area (Å²) >= 11 is 9.03. The lowest BCUT2D eigenvalue weighted by atomic mass is 9.97. The van der Waals surface area contributed by atoms with Gasteiger partial charge >= 0.3 is 0 Å². The molecule has 0 saturated heterocycles. The van der Waals surface area contributed by atoms with E-state index in [2.05, 4.69) is 21.4 Å². The van der Waals surface area contributed by atoms with Crippen LogP contribution in [0.15, 0.2) is 34.8 Å². The van der Waals surface area contributed by atoms with Crippen LogP contribution in [0.4, 0.5) is 8.78 Å². The summed E-state index contributed by atoms with van der Waals surface area (Å²) in [5, 5.41) is -0.0124. The molecule has 0 aliphatic carbocycles. The maximum atomic E-state index is 14.2. The average molecular weight is 362 g/mol. The third kappa shape index (κ3) is 2.86. The lowest BCUT2D eigenvalue weighted by Gasteiger charge is -2.19. The van der Waals surface area contributed by atoms with Gasteiger partial charge < -0.3 is 0 Å². The van der Waals surface area contributed by atoms with Crippen molar-refractivity contribution in [2.75, 3.05) is 0 Å². The largest absolute Gasteiger partial charge is 0.271 e. The van der Waals surface area contributed by atoms with Gasteiger partial charge in [-0.25, -0.2) is 14.2 Å². The van der Waals surface area contributed by atoms with Crippen molar-refractivity contribution in [3.8, 4) is 0 Å². The van der Waals surface area contributed by atoms with E-state index in [-0.39, 0.29) is 10.8 Å². The molecular weight excluding hydrogens is 350 g/mol. The Hall–Kier alpha value is -1.01. The van der Waals surface area contributed by atoms with Gasteiger partial charge in [-0.15, -0.1) is 0 Å². The van der Waals surface area contributed by atoms with Gasteiger partial charge in [0.1, 0.15) is 11.6 Å². The van der Waals surface area contributed by atoms with E-state index in [4.69, 9.17) is 17.4 Å². The summed E-state index contributed by atoms with van der Waals surface area (Å²) in [5.74, 6) is 4.63. The standard InChI is InChI=1S/C14H12BrClF2N2/c1-7-6-8(2-5-11(7)17)14(20-19)9-3-4-10(15)12(16)13(9)18/h2-6,14,20H,19H2,1H3. The number of rotatable bonds is 3. The minimum Gasteiger partial charge on any atom is -0.271 e. The van der Waals surface area contributed by atoms with Crippen molar-refractivity contribution < 1.29 is 8.78 Å². The van der Waals surface area contributed by atoms with Crippen molar-refractivity contribution in [2.45, 2.75) is 13.0 Å². The first-order chi connectivity index (χ1) is 9.45. The first-order valence-corrected chi connectivity index (χ1v) is 6.98. The fourth-order valence-corrected chi connectivity index (χ4v) is 2.46. The first kappa shape index (κ1) is 15.4. The number of hydrogen-bond acceptors (Lipinski definition) is 2. The maximum absolute atomic E-state index is 14.2. The van der Waals surface area contributed by atoms with Crippen LogP contribution in [0.3, 0.4) is 0 Å². The number of aryl methyl sites for hydroxylation is 1. The van der Waals surface area contributed by atoms with Crippen LogP contribution in [-0.4, -0.2) is 0 Å². The van der Waals surface area contributed by atoms with Crippen molar-refractivity contribution in [3.05, 3.63) is 68.2 Å². The van der Waals surface area contributed by atoms with Crippen LogP contribution in [0, 0.1) is 18.6 Å². The summed E-state index contributed by atoms with van der Waals surface area (Å²) in [6, 6.07) is 7.11. The normalized spacial score (nSPS) is 12.5. The van der Waals surface area contributed by atoms with Crippen LogP contribution < -0.4 is 11.3 Å². The summed E-state index contributed by atoms with van der Waals surface area (Å²) in [6.07, 6.45) is 0. The van der Waals surface area contributed by atoms with Gasteiger partial charge in [-0.2, -0.15) is 0 Å². The molecule has 6 heteroatoms. The Morgan fingerprint density at radius 1 is 1.25 bits per heavy atom. The Morgan fingerprint density at radius 2 is 1.95 bits per heavy atom. The SMILES string of the molecule is Cc1cc(C(NN)c2ccc(Br)c(Cl)c2F)ccc1F. The monoisotopic (exact) mass is 360 g/mol. The van der Waals surface area contributed by atoms with Gasteiger partial charge in [-0.1, -0.05) is 29.8 Å². The zero-order chi connectivity index (χ0) is 14.9. The molecular formula is C14H12BrClF2N2. The summed E-state index contributed by atoms with van der Waals surface area (Å²) in [5.41, 5.74) is 3.95. The zero-order valence-corrected chi connectivity index (χ0v) is 12.9. The van der Waals surface area contributed by atoms with Gasteiger partial charge in [0.15, 0.2) is 0 Å². The average Bonchev–Trinajstić information content (AvgIpc) is 2.43. The Bertz CT molecular complexity index is 649. The highest BCUT2D eigenvalue weighted by Gasteiger charge is 2.20. The fourth-order valence-electron chi connectivity index (χ4n) is 1.98. The minimum absolute atomic E-state index is 0.0124. The highest BCUT2D eigenvalue weighted by molar-refractivity contribution is 9.10. The minimum atomic E-state index is -0.611. The Labute approximate surface area is 129 Å². The lowest BCUT2D eigenvalue weighted by Crippen LogP contribution is -2.29. The topological polar surface area (TPSA) is 38.0 Å². The Kier molecular flexibility index (Phi) is 4.75. The molecule has 0 saturated carbocycles. The molecule has 20 heavy (non-hydrogen) atoms. The first-order valence-electron chi connectivity index (χ1n) is 5.81. The number of hydrazine groups is 1. The molecule has 2 nitrogen and oxygen atoms in total. The van der Waals surface area contributed by atoms with E-state index in [1.807, 2.05) is 0 Å². The molecule has 0 amide bonds. The van der Waals surface area contributed by atoms with E-state index < -0.39 is 11.9 Å². The van der Waals surface area contributed by atoms with Crippen LogP contribution in [0.2, 0.25) is 5.02 Å². The van der Waals surface area contributed by atoms with Crippen molar-refractivity contribution in [3.63, 3.8) is 0 Å². The molecule has 2 aromatic rings. The van der Waals surface area contributed by atoms with Crippen LogP contribution >= 0.6 is 27.5 Å². The smallest absolute Gasteiger partial charge is 0.148 e. The molecule has 0 heterocycles. The molecule has 0 bridgehead atoms. The van der Waals surface area contributed by atoms with Crippen molar-refractivity contribution in [1.82, 2.24) is 5.43 Å². The molecule has 2 rings (SSSR count). The van der Waals surface area contributed by atoms with Crippen LogP contribution in [-0.2, 0) is 0 Å². The third-order valence-corrected chi connectivity index (χ3v) is 4.32. The predicted molar refractivity (Wildman–Crippen MR) is 79.4 cm³/mol. The van der Waals surface area contributed by atoms with E-state index >= 15 is 0 Å². The molecule has 0 radical (unpaired) electrons. The summed E-state index contributed by atoms with van der Waals surface area (Å²) in [6.45, 7) is 1.64. The summed E-state index contributed by atoms with van der Waals surface area (Å²) < 4.78 is 28.0. The van der Waals surface area contributed by atoms with Crippen LogP contribution in [0.1, 0.15) is 22.7 Å². The van der Waals surface area contributed by atoms with Crippen molar-refractivity contribution in [1.29, 1.82) is 0 Å². The van der Waals surface area contributed by atoms with Crippen LogP contribution in [0.5, 0.6) is 0 Å². The number of nitrogens with two attached hydrogens (primary N) is 1. The third-order valence-electron chi connectivity index (χ3n) is 3.06. The molecule has 0 aliphatic heterocycles. The second-order valence-corrected chi connectivity index (χ2v) is 5.61. The van der Waals surface area contributed by atoms with E-state index in [0.717, 1.165) is 0 Å². The molecule has 106 valence electrons. The number of hydrogen-bond donors (Lipinski definition) is 2. The molecule has 0 spiro atoms. The molecule has 1 unspecified atom stereocenters. The van der Waals surface area contributed by atoms with E-state index in [1.54, 1.807) is 31.2 Å².